The Bertz CT molecular complexity index is 573. The highest BCUT2D eigenvalue weighted by Crippen LogP contribution is 2.36. The summed E-state index contributed by atoms with van der Waals surface area (Å²) in [6, 6.07) is 12.0. The van der Waals surface area contributed by atoms with Gasteiger partial charge in [-0.3, -0.25) is 4.98 Å². The molecule has 0 saturated heterocycles. The lowest BCUT2D eigenvalue weighted by molar-refractivity contribution is 0.419. The molecule has 2 aromatic rings. The molecule has 2 nitrogen and oxygen atoms in total. The van der Waals surface area contributed by atoms with E-state index < -0.39 is 0 Å². The molecule has 21 heavy (non-hydrogen) atoms. The quantitative estimate of drug-likeness (QED) is 0.890. The normalized spacial score (nSPS) is 16.5. The van der Waals surface area contributed by atoms with E-state index in [9.17, 15) is 4.39 Å². The van der Waals surface area contributed by atoms with Crippen molar-refractivity contribution in [3.05, 3.63) is 65.2 Å². The molecule has 1 aliphatic rings. The first-order valence-corrected chi connectivity index (χ1v) is 7.72. The van der Waals surface area contributed by atoms with Crippen molar-refractivity contribution in [2.45, 2.75) is 38.1 Å². The molecule has 110 valence electrons. The van der Waals surface area contributed by atoms with Crippen LogP contribution in [0, 0.1) is 5.82 Å². The van der Waals surface area contributed by atoms with Gasteiger partial charge < -0.3 is 5.32 Å². The smallest absolute Gasteiger partial charge is 0.141 e. The first-order valence-electron chi connectivity index (χ1n) is 7.72. The number of pyridine rings is 1. The van der Waals surface area contributed by atoms with Crippen LogP contribution >= 0.6 is 0 Å². The number of nitrogens with zero attached hydrogens (tertiary/aromatic N) is 1. The van der Waals surface area contributed by atoms with Gasteiger partial charge in [0.1, 0.15) is 5.82 Å². The summed E-state index contributed by atoms with van der Waals surface area (Å²) in [5, 5.41) is 3.43. The van der Waals surface area contributed by atoms with Gasteiger partial charge in [-0.05, 0) is 48.6 Å². The third-order valence-corrected chi connectivity index (χ3v) is 4.30. The van der Waals surface area contributed by atoms with Crippen LogP contribution in [0.4, 0.5) is 4.39 Å². The molecule has 1 aromatic heterocycles. The van der Waals surface area contributed by atoms with E-state index in [4.69, 9.17) is 0 Å². The molecule has 1 fully saturated rings. The number of hydrogen-bond donors (Lipinski definition) is 1. The van der Waals surface area contributed by atoms with Gasteiger partial charge in [0.15, 0.2) is 0 Å². The van der Waals surface area contributed by atoms with Crippen LogP contribution in [0.15, 0.2) is 42.6 Å². The highest BCUT2D eigenvalue weighted by molar-refractivity contribution is 5.32. The number of aromatic nitrogens is 1. The fourth-order valence-corrected chi connectivity index (χ4v) is 2.86. The second-order valence-corrected chi connectivity index (χ2v) is 5.69. The Morgan fingerprint density at radius 3 is 2.48 bits per heavy atom. The van der Waals surface area contributed by atoms with Gasteiger partial charge in [0.2, 0.25) is 0 Å². The molecular weight excluding hydrogens is 263 g/mol. The molecule has 3 heteroatoms. The van der Waals surface area contributed by atoms with Crippen LogP contribution in [0.5, 0.6) is 0 Å². The summed E-state index contributed by atoms with van der Waals surface area (Å²) in [5.41, 5.74) is 3.47. The zero-order valence-corrected chi connectivity index (χ0v) is 12.3. The zero-order valence-electron chi connectivity index (χ0n) is 12.3. The Kier molecular flexibility index (Phi) is 4.30. The molecular formula is C18H21FN2. The number of nitrogens with one attached hydrogen (secondary N) is 1. The van der Waals surface area contributed by atoms with Crippen LogP contribution in [0.25, 0.3) is 0 Å². The fourth-order valence-electron chi connectivity index (χ4n) is 2.86. The number of rotatable bonds is 5. The predicted molar refractivity (Wildman–Crippen MR) is 82.7 cm³/mol. The van der Waals surface area contributed by atoms with E-state index in [0.717, 1.165) is 18.2 Å². The van der Waals surface area contributed by atoms with Crippen molar-refractivity contribution in [1.82, 2.24) is 10.3 Å². The second-order valence-electron chi connectivity index (χ2n) is 5.69. The Morgan fingerprint density at radius 1 is 1.19 bits per heavy atom. The average Bonchev–Trinajstić information content (AvgIpc) is 2.45. The van der Waals surface area contributed by atoms with Crippen LogP contribution < -0.4 is 5.32 Å². The third kappa shape index (κ3) is 3.13. The molecule has 0 amide bonds. The van der Waals surface area contributed by atoms with Crippen LogP contribution in [-0.4, -0.2) is 11.5 Å². The second kappa shape index (κ2) is 6.35. The SMILES string of the molecule is CCNC(c1ccc(C2CCC2)cc1)c1ccc(F)cn1. The largest absolute Gasteiger partial charge is 0.305 e. The van der Waals surface area contributed by atoms with Gasteiger partial charge in [-0.1, -0.05) is 37.6 Å². The molecule has 1 N–H and O–H groups in total. The molecule has 3 rings (SSSR count). The average molecular weight is 284 g/mol. The Morgan fingerprint density at radius 2 is 1.95 bits per heavy atom. The zero-order chi connectivity index (χ0) is 14.7. The van der Waals surface area contributed by atoms with Gasteiger partial charge in [0.05, 0.1) is 17.9 Å². The molecule has 1 heterocycles. The van der Waals surface area contributed by atoms with E-state index in [0.29, 0.717) is 0 Å². The van der Waals surface area contributed by atoms with E-state index in [2.05, 4.69) is 41.5 Å². The highest BCUT2D eigenvalue weighted by atomic mass is 19.1. The Hall–Kier alpha value is -1.74. The predicted octanol–water partition coefficient (Wildman–Crippen LogP) is 4.19. The highest BCUT2D eigenvalue weighted by Gasteiger charge is 2.20. The molecule has 1 atom stereocenters. The molecule has 1 unspecified atom stereocenters. The lowest BCUT2D eigenvalue weighted by Gasteiger charge is -2.26. The molecule has 0 aliphatic heterocycles. The van der Waals surface area contributed by atoms with Gasteiger partial charge >= 0.3 is 0 Å². The summed E-state index contributed by atoms with van der Waals surface area (Å²) < 4.78 is 13.0. The van der Waals surface area contributed by atoms with Crippen LogP contribution in [0.1, 0.15) is 55.0 Å². The van der Waals surface area contributed by atoms with Crippen molar-refractivity contribution >= 4 is 0 Å². The maximum atomic E-state index is 13.0. The Balaban J connectivity index is 1.84. The van der Waals surface area contributed by atoms with E-state index in [-0.39, 0.29) is 11.9 Å². The standard InChI is InChI=1S/C18H21FN2/c1-2-20-18(17-11-10-16(19)12-21-17)15-8-6-14(7-9-15)13-4-3-5-13/h6-13,18,20H,2-5H2,1H3. The van der Waals surface area contributed by atoms with Gasteiger partial charge in [-0.25, -0.2) is 4.39 Å². The van der Waals surface area contributed by atoms with Crippen molar-refractivity contribution in [1.29, 1.82) is 0 Å². The molecule has 0 bridgehead atoms. The topological polar surface area (TPSA) is 24.9 Å². The minimum atomic E-state index is -0.297. The number of benzene rings is 1. The summed E-state index contributed by atoms with van der Waals surface area (Å²) in [4.78, 5) is 4.22. The first kappa shape index (κ1) is 14.2. The minimum Gasteiger partial charge on any atom is -0.305 e. The summed E-state index contributed by atoms with van der Waals surface area (Å²) in [5.74, 6) is 0.454. The molecule has 1 aromatic carbocycles. The maximum Gasteiger partial charge on any atom is 0.141 e. The van der Waals surface area contributed by atoms with E-state index in [1.54, 1.807) is 6.07 Å². The maximum absolute atomic E-state index is 13.0. The van der Waals surface area contributed by atoms with Crippen molar-refractivity contribution in [3.8, 4) is 0 Å². The van der Waals surface area contributed by atoms with Crippen molar-refractivity contribution in [2.75, 3.05) is 6.54 Å². The summed E-state index contributed by atoms with van der Waals surface area (Å²) in [6.07, 6.45) is 5.26. The van der Waals surface area contributed by atoms with E-state index in [1.807, 2.05) is 0 Å². The Labute approximate surface area is 125 Å². The van der Waals surface area contributed by atoms with E-state index in [1.165, 1.54) is 42.7 Å². The van der Waals surface area contributed by atoms with Gasteiger partial charge in [-0.2, -0.15) is 0 Å². The molecule has 0 radical (unpaired) electrons. The van der Waals surface area contributed by atoms with Crippen molar-refractivity contribution in [3.63, 3.8) is 0 Å². The monoisotopic (exact) mass is 284 g/mol. The van der Waals surface area contributed by atoms with E-state index >= 15 is 0 Å². The van der Waals surface area contributed by atoms with Crippen LogP contribution in [-0.2, 0) is 0 Å². The van der Waals surface area contributed by atoms with Gasteiger partial charge in [0, 0.05) is 0 Å². The third-order valence-electron chi connectivity index (χ3n) is 4.30. The summed E-state index contributed by atoms with van der Waals surface area (Å²) >= 11 is 0. The lowest BCUT2D eigenvalue weighted by Crippen LogP contribution is -2.23. The van der Waals surface area contributed by atoms with Gasteiger partial charge in [-0.15, -0.1) is 0 Å². The van der Waals surface area contributed by atoms with Crippen molar-refractivity contribution < 1.29 is 4.39 Å². The summed E-state index contributed by atoms with van der Waals surface area (Å²) in [7, 11) is 0. The molecule has 1 aliphatic carbocycles. The van der Waals surface area contributed by atoms with Gasteiger partial charge in [0.25, 0.3) is 0 Å². The van der Waals surface area contributed by atoms with Crippen LogP contribution in [0.2, 0.25) is 0 Å². The number of halogens is 1. The number of hydrogen-bond acceptors (Lipinski definition) is 2. The fraction of sp³-hybridized carbons (Fsp3) is 0.389. The lowest BCUT2D eigenvalue weighted by atomic mass is 9.80. The first-order chi connectivity index (χ1) is 10.3. The van der Waals surface area contributed by atoms with Crippen molar-refractivity contribution in [2.24, 2.45) is 0 Å². The molecule has 0 spiro atoms. The summed E-state index contributed by atoms with van der Waals surface area (Å²) in [6.45, 7) is 2.91. The minimum absolute atomic E-state index is 0.0195. The van der Waals surface area contributed by atoms with Crippen LogP contribution in [0.3, 0.4) is 0 Å². The molecule has 1 saturated carbocycles.